The molecule has 0 aliphatic rings. The molecule has 1 aromatic rings. The molecule has 1 aromatic carbocycles. The average molecular weight is 259 g/mol. The summed E-state index contributed by atoms with van der Waals surface area (Å²) in [4.78, 5) is 14.0. The summed E-state index contributed by atoms with van der Waals surface area (Å²) in [6.45, 7) is 5.17. The predicted molar refractivity (Wildman–Crippen MR) is 77.0 cm³/mol. The van der Waals surface area contributed by atoms with Crippen molar-refractivity contribution < 1.29 is 4.79 Å². The highest BCUT2D eigenvalue weighted by atomic mass is 16.2. The van der Waals surface area contributed by atoms with E-state index in [0.717, 1.165) is 18.7 Å². The zero-order chi connectivity index (χ0) is 14.3. The molecule has 4 nitrogen and oxygen atoms in total. The summed E-state index contributed by atoms with van der Waals surface area (Å²) < 4.78 is 0. The van der Waals surface area contributed by atoms with Gasteiger partial charge in [-0.05, 0) is 25.5 Å². The number of amides is 1. The normalized spacial score (nSPS) is 11.5. The molecule has 0 heterocycles. The molecule has 19 heavy (non-hydrogen) atoms. The lowest BCUT2D eigenvalue weighted by Crippen LogP contribution is -2.31. The Morgan fingerprint density at radius 1 is 1.47 bits per heavy atom. The Kier molecular flexibility index (Phi) is 5.87. The fourth-order valence-electron chi connectivity index (χ4n) is 1.82. The Bertz CT molecular complexity index is 465. The highest BCUT2D eigenvalue weighted by Gasteiger charge is 2.16. The van der Waals surface area contributed by atoms with Gasteiger partial charge in [0.25, 0.3) is 5.91 Å². The van der Waals surface area contributed by atoms with E-state index >= 15 is 0 Å². The molecule has 1 unspecified atom stereocenters. The molecule has 0 bridgehead atoms. The first-order chi connectivity index (χ1) is 9.10. The minimum absolute atomic E-state index is 0.0543. The Labute approximate surface area is 115 Å². The van der Waals surface area contributed by atoms with Gasteiger partial charge in [-0.15, -0.1) is 0 Å². The minimum atomic E-state index is -0.162. The molecular formula is C15H21N3O. The van der Waals surface area contributed by atoms with E-state index in [-0.39, 0.29) is 11.8 Å². The van der Waals surface area contributed by atoms with Gasteiger partial charge in [0.1, 0.15) is 0 Å². The molecule has 1 atom stereocenters. The molecule has 0 saturated carbocycles. The third-order valence-corrected chi connectivity index (χ3v) is 2.84. The van der Waals surface area contributed by atoms with E-state index in [1.807, 2.05) is 31.2 Å². The largest absolute Gasteiger partial charge is 0.384 e. The Hall–Kier alpha value is -2.02. The maximum absolute atomic E-state index is 12.4. The van der Waals surface area contributed by atoms with Crippen molar-refractivity contribution in [3.05, 3.63) is 29.8 Å². The zero-order valence-electron chi connectivity index (χ0n) is 11.8. The van der Waals surface area contributed by atoms with Crippen molar-refractivity contribution in [1.29, 1.82) is 5.26 Å². The van der Waals surface area contributed by atoms with Crippen molar-refractivity contribution in [3.8, 4) is 6.07 Å². The third kappa shape index (κ3) is 4.29. The van der Waals surface area contributed by atoms with Crippen LogP contribution < -0.4 is 5.32 Å². The maximum atomic E-state index is 12.4. The van der Waals surface area contributed by atoms with Gasteiger partial charge in [-0.25, -0.2) is 0 Å². The Morgan fingerprint density at radius 3 is 2.79 bits per heavy atom. The number of carbonyl (C=O) groups is 1. The lowest BCUT2D eigenvalue weighted by Gasteiger charge is -2.20. The number of hydrogen-bond donors (Lipinski definition) is 1. The summed E-state index contributed by atoms with van der Waals surface area (Å²) in [7, 11) is 1.73. The second-order valence-electron chi connectivity index (χ2n) is 4.69. The van der Waals surface area contributed by atoms with E-state index in [1.165, 1.54) is 0 Å². The van der Waals surface area contributed by atoms with Gasteiger partial charge in [0.15, 0.2) is 0 Å². The first kappa shape index (κ1) is 15.0. The summed E-state index contributed by atoms with van der Waals surface area (Å²) in [5, 5.41) is 12.1. The van der Waals surface area contributed by atoms with Crippen molar-refractivity contribution in [2.75, 3.05) is 25.5 Å². The molecule has 0 aliphatic carbocycles. The number of benzene rings is 1. The van der Waals surface area contributed by atoms with Gasteiger partial charge in [0.05, 0.1) is 17.6 Å². The highest BCUT2D eigenvalue weighted by molar-refractivity contribution is 5.99. The van der Waals surface area contributed by atoms with E-state index in [0.29, 0.717) is 12.1 Å². The molecule has 0 aromatic heterocycles. The highest BCUT2D eigenvalue weighted by Crippen LogP contribution is 2.17. The lowest BCUT2D eigenvalue weighted by atomic mass is 10.1. The second kappa shape index (κ2) is 7.42. The topological polar surface area (TPSA) is 56.1 Å². The van der Waals surface area contributed by atoms with Gasteiger partial charge in [0, 0.05) is 25.8 Å². The van der Waals surface area contributed by atoms with Crippen LogP contribution in [0.5, 0.6) is 0 Å². The van der Waals surface area contributed by atoms with E-state index in [9.17, 15) is 4.79 Å². The van der Waals surface area contributed by atoms with Gasteiger partial charge in [0.2, 0.25) is 0 Å². The Morgan fingerprint density at radius 2 is 2.16 bits per heavy atom. The van der Waals surface area contributed by atoms with Crippen LogP contribution in [-0.4, -0.2) is 30.9 Å². The van der Waals surface area contributed by atoms with E-state index in [4.69, 9.17) is 5.26 Å². The number of nitrogens with one attached hydrogen (secondary N) is 1. The molecule has 0 saturated heterocycles. The molecule has 0 aliphatic heterocycles. The number of carbonyl (C=O) groups excluding carboxylic acids is 1. The molecule has 1 N–H and O–H groups in total. The van der Waals surface area contributed by atoms with Crippen molar-refractivity contribution in [1.82, 2.24) is 4.90 Å². The SMILES string of the molecule is CCCNc1ccccc1C(=O)N(C)CC(C)C#N. The van der Waals surface area contributed by atoms with Crippen LogP contribution in [0.2, 0.25) is 0 Å². The number of nitrogens with zero attached hydrogens (tertiary/aromatic N) is 2. The monoisotopic (exact) mass is 259 g/mol. The van der Waals surface area contributed by atoms with Crippen molar-refractivity contribution >= 4 is 11.6 Å². The number of rotatable bonds is 6. The van der Waals surface area contributed by atoms with Gasteiger partial charge in [-0.1, -0.05) is 19.1 Å². The van der Waals surface area contributed by atoms with Crippen LogP contribution in [0.25, 0.3) is 0 Å². The molecule has 0 spiro atoms. The van der Waals surface area contributed by atoms with Crippen molar-refractivity contribution in [2.24, 2.45) is 5.92 Å². The van der Waals surface area contributed by atoms with E-state index in [1.54, 1.807) is 11.9 Å². The second-order valence-corrected chi connectivity index (χ2v) is 4.69. The summed E-state index contributed by atoms with van der Waals surface area (Å²) in [6, 6.07) is 9.62. The van der Waals surface area contributed by atoms with Crippen LogP contribution in [-0.2, 0) is 0 Å². The molecule has 1 rings (SSSR count). The minimum Gasteiger partial charge on any atom is -0.384 e. The van der Waals surface area contributed by atoms with Gasteiger partial charge in [-0.2, -0.15) is 5.26 Å². The van der Waals surface area contributed by atoms with Crippen LogP contribution in [0.15, 0.2) is 24.3 Å². The molecular weight excluding hydrogens is 238 g/mol. The predicted octanol–water partition coefficient (Wildman–Crippen LogP) is 2.74. The van der Waals surface area contributed by atoms with E-state index in [2.05, 4.69) is 18.3 Å². The van der Waals surface area contributed by atoms with Crippen LogP contribution in [0.3, 0.4) is 0 Å². The summed E-state index contributed by atoms with van der Waals surface area (Å²) in [6.07, 6.45) is 1.00. The fourth-order valence-corrected chi connectivity index (χ4v) is 1.82. The fraction of sp³-hybridized carbons (Fsp3) is 0.467. The Balaban J connectivity index is 2.84. The maximum Gasteiger partial charge on any atom is 0.255 e. The van der Waals surface area contributed by atoms with E-state index < -0.39 is 0 Å². The molecule has 4 heteroatoms. The summed E-state index contributed by atoms with van der Waals surface area (Å²) in [5.41, 5.74) is 1.51. The summed E-state index contributed by atoms with van der Waals surface area (Å²) >= 11 is 0. The molecule has 0 fully saturated rings. The van der Waals surface area contributed by atoms with Crippen LogP contribution >= 0.6 is 0 Å². The zero-order valence-corrected chi connectivity index (χ0v) is 11.8. The van der Waals surface area contributed by atoms with Crippen LogP contribution in [0, 0.1) is 17.2 Å². The first-order valence-electron chi connectivity index (χ1n) is 6.58. The van der Waals surface area contributed by atoms with Gasteiger partial charge >= 0.3 is 0 Å². The quantitative estimate of drug-likeness (QED) is 0.854. The molecule has 102 valence electrons. The van der Waals surface area contributed by atoms with Crippen LogP contribution in [0.1, 0.15) is 30.6 Å². The van der Waals surface area contributed by atoms with Crippen molar-refractivity contribution in [3.63, 3.8) is 0 Å². The van der Waals surface area contributed by atoms with Gasteiger partial charge < -0.3 is 10.2 Å². The summed E-state index contributed by atoms with van der Waals surface area (Å²) in [5.74, 6) is -0.217. The smallest absolute Gasteiger partial charge is 0.255 e. The number of para-hydroxylation sites is 1. The first-order valence-corrected chi connectivity index (χ1v) is 6.58. The molecule has 1 amide bonds. The lowest BCUT2D eigenvalue weighted by molar-refractivity contribution is 0.0786. The standard InChI is InChI=1S/C15H21N3O/c1-4-9-17-14-8-6-5-7-13(14)15(19)18(3)11-12(2)10-16/h5-8,12,17H,4,9,11H2,1-3H3. The van der Waals surface area contributed by atoms with Crippen LogP contribution in [0.4, 0.5) is 5.69 Å². The van der Waals surface area contributed by atoms with Gasteiger partial charge in [-0.3, -0.25) is 4.79 Å². The van der Waals surface area contributed by atoms with Crippen molar-refractivity contribution in [2.45, 2.75) is 20.3 Å². The average Bonchev–Trinajstić information content (AvgIpc) is 2.44. The third-order valence-electron chi connectivity index (χ3n) is 2.84. The number of nitriles is 1. The number of anilines is 1. The number of hydrogen-bond acceptors (Lipinski definition) is 3. The molecule has 0 radical (unpaired) electrons.